The van der Waals surface area contributed by atoms with Gasteiger partial charge in [0.15, 0.2) is 5.13 Å². The summed E-state index contributed by atoms with van der Waals surface area (Å²) in [6.07, 6.45) is 4.46. The zero-order valence-corrected chi connectivity index (χ0v) is 12.6. The summed E-state index contributed by atoms with van der Waals surface area (Å²) in [7, 11) is 0. The molecule has 0 aliphatic carbocycles. The first-order valence-corrected chi connectivity index (χ1v) is 8.23. The molecule has 1 N–H and O–H groups in total. The van der Waals surface area contributed by atoms with Crippen LogP contribution in [0.15, 0.2) is 5.38 Å². The van der Waals surface area contributed by atoms with E-state index in [2.05, 4.69) is 29.4 Å². The Kier molecular flexibility index (Phi) is 4.05. The second-order valence-corrected chi connectivity index (χ2v) is 6.43. The molecule has 4 nitrogen and oxygen atoms in total. The Morgan fingerprint density at radius 1 is 1.47 bits per heavy atom. The molecule has 3 heterocycles. The monoisotopic (exact) mass is 281 g/mol. The summed E-state index contributed by atoms with van der Waals surface area (Å²) < 4.78 is 5.88. The van der Waals surface area contributed by atoms with Crippen LogP contribution >= 0.6 is 11.3 Å². The number of nitrogens with one attached hydrogen (secondary N) is 1. The van der Waals surface area contributed by atoms with Gasteiger partial charge in [0.05, 0.1) is 17.9 Å². The molecule has 0 spiro atoms. The maximum Gasteiger partial charge on any atom is 0.185 e. The summed E-state index contributed by atoms with van der Waals surface area (Å²) in [6, 6.07) is 0.350. The van der Waals surface area contributed by atoms with Gasteiger partial charge in [0.2, 0.25) is 0 Å². The minimum atomic E-state index is 0.350. The van der Waals surface area contributed by atoms with Crippen molar-refractivity contribution >= 4 is 16.5 Å². The van der Waals surface area contributed by atoms with Gasteiger partial charge in [-0.1, -0.05) is 6.92 Å². The fraction of sp³-hybridized carbons (Fsp3) is 0.786. The van der Waals surface area contributed by atoms with Crippen LogP contribution in [0.5, 0.6) is 0 Å². The number of rotatable bonds is 5. The number of fused-ring (bicyclic) bond motifs is 2. The Balaban J connectivity index is 1.64. The highest BCUT2D eigenvalue weighted by molar-refractivity contribution is 7.13. The van der Waals surface area contributed by atoms with E-state index in [9.17, 15) is 0 Å². The topological polar surface area (TPSA) is 37.4 Å². The van der Waals surface area contributed by atoms with Gasteiger partial charge in [-0.25, -0.2) is 4.98 Å². The number of nitrogens with zero attached hydrogens (tertiary/aromatic N) is 2. The predicted octanol–water partition coefficient (Wildman–Crippen LogP) is 2.57. The summed E-state index contributed by atoms with van der Waals surface area (Å²) in [6.45, 7) is 7.46. The van der Waals surface area contributed by atoms with Gasteiger partial charge in [-0.15, -0.1) is 11.3 Å². The molecule has 19 heavy (non-hydrogen) atoms. The Morgan fingerprint density at radius 2 is 2.21 bits per heavy atom. The lowest BCUT2D eigenvalue weighted by Gasteiger charge is -2.31. The first kappa shape index (κ1) is 13.3. The van der Waals surface area contributed by atoms with Crippen molar-refractivity contribution < 1.29 is 4.74 Å². The zero-order valence-electron chi connectivity index (χ0n) is 11.8. The van der Waals surface area contributed by atoms with E-state index in [1.54, 1.807) is 11.3 Å². The van der Waals surface area contributed by atoms with Crippen molar-refractivity contribution in [3.63, 3.8) is 0 Å². The largest absolute Gasteiger partial charge is 0.371 e. The van der Waals surface area contributed by atoms with Crippen molar-refractivity contribution in [2.75, 3.05) is 24.5 Å². The van der Waals surface area contributed by atoms with Crippen LogP contribution in [0.3, 0.4) is 0 Å². The normalized spacial score (nSPS) is 27.8. The van der Waals surface area contributed by atoms with E-state index in [1.807, 2.05) is 0 Å². The third kappa shape index (κ3) is 2.93. The van der Waals surface area contributed by atoms with Gasteiger partial charge in [0.1, 0.15) is 0 Å². The highest BCUT2D eigenvalue weighted by Gasteiger charge is 2.34. The summed E-state index contributed by atoms with van der Waals surface area (Å²) >= 11 is 1.77. The van der Waals surface area contributed by atoms with E-state index in [1.165, 1.54) is 23.7 Å². The molecule has 0 aromatic carbocycles. The summed E-state index contributed by atoms with van der Waals surface area (Å²) in [5.74, 6) is 0. The van der Waals surface area contributed by atoms with Crippen LogP contribution in [-0.4, -0.2) is 36.8 Å². The molecule has 0 saturated carbocycles. The van der Waals surface area contributed by atoms with Gasteiger partial charge < -0.3 is 15.0 Å². The predicted molar refractivity (Wildman–Crippen MR) is 78.9 cm³/mol. The van der Waals surface area contributed by atoms with E-state index in [0.717, 1.165) is 26.1 Å². The standard InChI is InChI=1S/C14H23N3OS/c1-3-6-15-10(2)13-9-19-14(16-13)17-7-11-4-5-12(8-17)18-11/h9-12,15H,3-8H2,1-2H3. The van der Waals surface area contributed by atoms with E-state index < -0.39 is 0 Å². The Bertz CT molecular complexity index is 411. The lowest BCUT2D eigenvalue weighted by atomic mass is 10.2. The molecule has 0 amide bonds. The van der Waals surface area contributed by atoms with Gasteiger partial charge in [-0.3, -0.25) is 0 Å². The smallest absolute Gasteiger partial charge is 0.185 e. The Morgan fingerprint density at radius 3 is 2.89 bits per heavy atom. The van der Waals surface area contributed by atoms with Crippen molar-refractivity contribution in [3.05, 3.63) is 11.1 Å². The first-order valence-electron chi connectivity index (χ1n) is 7.35. The molecule has 2 saturated heterocycles. The van der Waals surface area contributed by atoms with Gasteiger partial charge in [0.25, 0.3) is 0 Å². The van der Waals surface area contributed by atoms with E-state index in [0.29, 0.717) is 18.2 Å². The maximum absolute atomic E-state index is 5.88. The number of anilines is 1. The SMILES string of the molecule is CCCNC(C)c1csc(N2CC3CCC(C2)O3)n1. The van der Waals surface area contributed by atoms with Crippen LogP contribution in [0, 0.1) is 0 Å². The molecule has 3 rings (SSSR count). The van der Waals surface area contributed by atoms with Gasteiger partial charge in [-0.2, -0.15) is 0 Å². The number of thiazole rings is 1. The molecule has 3 unspecified atom stereocenters. The molecule has 3 atom stereocenters. The molecular weight excluding hydrogens is 258 g/mol. The van der Waals surface area contributed by atoms with Crippen molar-refractivity contribution in [2.24, 2.45) is 0 Å². The van der Waals surface area contributed by atoms with Crippen LogP contribution in [0.1, 0.15) is 44.8 Å². The minimum Gasteiger partial charge on any atom is -0.371 e. The Hall–Kier alpha value is -0.650. The zero-order chi connectivity index (χ0) is 13.2. The van der Waals surface area contributed by atoms with Gasteiger partial charge in [0, 0.05) is 24.5 Å². The number of morpholine rings is 1. The minimum absolute atomic E-state index is 0.350. The lowest BCUT2D eigenvalue weighted by molar-refractivity contribution is 0.0305. The average Bonchev–Trinajstić information content (AvgIpc) is 3.03. The van der Waals surface area contributed by atoms with Gasteiger partial charge in [-0.05, 0) is 32.7 Å². The van der Waals surface area contributed by atoms with Crippen molar-refractivity contribution in [3.8, 4) is 0 Å². The number of hydrogen-bond acceptors (Lipinski definition) is 5. The molecule has 1 aromatic rings. The highest BCUT2D eigenvalue weighted by Crippen LogP contribution is 2.32. The third-order valence-corrected chi connectivity index (χ3v) is 4.89. The van der Waals surface area contributed by atoms with Crippen molar-refractivity contribution in [2.45, 2.75) is 51.4 Å². The van der Waals surface area contributed by atoms with Crippen LogP contribution < -0.4 is 10.2 Å². The molecule has 2 aliphatic rings. The van der Waals surface area contributed by atoms with Crippen LogP contribution in [0.25, 0.3) is 0 Å². The highest BCUT2D eigenvalue weighted by atomic mass is 32.1. The number of ether oxygens (including phenoxy) is 1. The summed E-state index contributed by atoms with van der Waals surface area (Å²) in [5.41, 5.74) is 1.17. The molecule has 0 radical (unpaired) electrons. The van der Waals surface area contributed by atoms with E-state index in [-0.39, 0.29) is 0 Å². The number of aromatic nitrogens is 1. The molecule has 1 aromatic heterocycles. The fourth-order valence-electron chi connectivity index (χ4n) is 2.86. The molecular formula is C14H23N3OS. The quantitative estimate of drug-likeness (QED) is 0.900. The molecule has 106 valence electrons. The van der Waals surface area contributed by atoms with E-state index in [4.69, 9.17) is 9.72 Å². The molecule has 5 heteroatoms. The van der Waals surface area contributed by atoms with Crippen LogP contribution in [-0.2, 0) is 4.74 Å². The summed E-state index contributed by atoms with van der Waals surface area (Å²) in [5, 5.41) is 6.86. The molecule has 2 aliphatic heterocycles. The number of hydrogen-bond donors (Lipinski definition) is 1. The second kappa shape index (κ2) is 5.77. The Labute approximate surface area is 119 Å². The maximum atomic E-state index is 5.88. The van der Waals surface area contributed by atoms with Crippen LogP contribution in [0.4, 0.5) is 5.13 Å². The van der Waals surface area contributed by atoms with Crippen LogP contribution in [0.2, 0.25) is 0 Å². The van der Waals surface area contributed by atoms with Crippen molar-refractivity contribution in [1.29, 1.82) is 0 Å². The molecule has 2 bridgehead atoms. The lowest BCUT2D eigenvalue weighted by Crippen LogP contribution is -2.42. The van der Waals surface area contributed by atoms with Gasteiger partial charge >= 0.3 is 0 Å². The average molecular weight is 281 g/mol. The second-order valence-electron chi connectivity index (χ2n) is 5.59. The van der Waals surface area contributed by atoms with Crippen molar-refractivity contribution in [1.82, 2.24) is 10.3 Å². The first-order chi connectivity index (χ1) is 9.26. The summed E-state index contributed by atoms with van der Waals surface area (Å²) in [4.78, 5) is 7.22. The van der Waals surface area contributed by atoms with E-state index >= 15 is 0 Å². The fourth-order valence-corrected chi connectivity index (χ4v) is 3.80. The third-order valence-electron chi connectivity index (χ3n) is 3.97. The molecule has 2 fully saturated rings.